The molecule has 0 saturated heterocycles. The van der Waals surface area contributed by atoms with Crippen molar-refractivity contribution in [2.75, 3.05) is 26.9 Å². The van der Waals surface area contributed by atoms with Crippen molar-refractivity contribution in [1.29, 1.82) is 0 Å². The second-order valence-corrected chi connectivity index (χ2v) is 3.71. The van der Waals surface area contributed by atoms with Crippen molar-refractivity contribution in [3.63, 3.8) is 0 Å². The summed E-state index contributed by atoms with van der Waals surface area (Å²) in [5, 5.41) is 2.75. The highest BCUT2D eigenvalue weighted by Crippen LogP contribution is 2.13. The van der Waals surface area contributed by atoms with Crippen LogP contribution in [0.4, 0.5) is 0 Å². The van der Waals surface area contributed by atoms with Crippen LogP contribution in [0.1, 0.15) is 27.2 Å². The molecule has 1 N–H and O–H groups in total. The second kappa shape index (κ2) is 6.79. The molecule has 14 heavy (non-hydrogen) atoms. The largest absolute Gasteiger partial charge is 0.383 e. The minimum Gasteiger partial charge on any atom is -0.383 e. The van der Waals surface area contributed by atoms with E-state index in [0.29, 0.717) is 26.2 Å². The molecular weight excluding hydrogens is 182 g/mol. The SMILES string of the molecule is CCOC(C)(C)CC(=O)NCCOC. The Kier molecular flexibility index (Phi) is 6.49. The summed E-state index contributed by atoms with van der Waals surface area (Å²) >= 11 is 0. The normalized spacial score (nSPS) is 11.4. The highest BCUT2D eigenvalue weighted by Gasteiger charge is 2.21. The van der Waals surface area contributed by atoms with Crippen molar-refractivity contribution in [2.24, 2.45) is 0 Å². The van der Waals surface area contributed by atoms with Crippen LogP contribution in [-0.4, -0.2) is 38.4 Å². The molecule has 0 fully saturated rings. The smallest absolute Gasteiger partial charge is 0.222 e. The van der Waals surface area contributed by atoms with E-state index in [0.717, 1.165) is 0 Å². The van der Waals surface area contributed by atoms with Gasteiger partial charge in [-0.15, -0.1) is 0 Å². The Bertz CT molecular complexity index is 169. The summed E-state index contributed by atoms with van der Waals surface area (Å²) in [6.45, 7) is 7.46. The molecule has 0 heterocycles. The van der Waals surface area contributed by atoms with E-state index in [-0.39, 0.29) is 11.5 Å². The Morgan fingerprint density at radius 2 is 2.07 bits per heavy atom. The predicted octanol–water partition coefficient (Wildman–Crippen LogP) is 0.954. The van der Waals surface area contributed by atoms with Crippen molar-refractivity contribution in [1.82, 2.24) is 5.32 Å². The lowest BCUT2D eigenvalue weighted by atomic mass is 10.0. The zero-order valence-corrected chi connectivity index (χ0v) is 9.55. The third kappa shape index (κ3) is 6.86. The van der Waals surface area contributed by atoms with Crippen LogP contribution in [0.25, 0.3) is 0 Å². The van der Waals surface area contributed by atoms with Gasteiger partial charge in [-0.3, -0.25) is 4.79 Å². The first-order valence-electron chi connectivity index (χ1n) is 4.91. The molecule has 4 heteroatoms. The predicted molar refractivity (Wildman–Crippen MR) is 55.2 cm³/mol. The topological polar surface area (TPSA) is 47.6 Å². The zero-order chi connectivity index (χ0) is 11.0. The fraction of sp³-hybridized carbons (Fsp3) is 0.900. The fourth-order valence-electron chi connectivity index (χ4n) is 1.18. The van der Waals surface area contributed by atoms with Gasteiger partial charge >= 0.3 is 0 Å². The molecule has 0 saturated carbocycles. The average molecular weight is 203 g/mol. The molecule has 0 rings (SSSR count). The Balaban J connectivity index is 3.69. The molecule has 0 aromatic rings. The molecule has 0 unspecified atom stereocenters. The molecule has 0 aliphatic heterocycles. The monoisotopic (exact) mass is 203 g/mol. The van der Waals surface area contributed by atoms with Crippen LogP contribution < -0.4 is 5.32 Å². The molecule has 0 radical (unpaired) electrons. The number of nitrogens with one attached hydrogen (secondary N) is 1. The van der Waals surface area contributed by atoms with Gasteiger partial charge in [-0.1, -0.05) is 0 Å². The average Bonchev–Trinajstić information content (AvgIpc) is 2.03. The van der Waals surface area contributed by atoms with Crippen LogP contribution in [0.5, 0.6) is 0 Å². The molecule has 0 bridgehead atoms. The summed E-state index contributed by atoms with van der Waals surface area (Å²) in [6.07, 6.45) is 0.380. The first-order chi connectivity index (χ1) is 6.52. The Hall–Kier alpha value is -0.610. The number of hydrogen-bond acceptors (Lipinski definition) is 3. The van der Waals surface area contributed by atoms with Gasteiger partial charge in [0, 0.05) is 20.3 Å². The first-order valence-corrected chi connectivity index (χ1v) is 4.91. The van der Waals surface area contributed by atoms with Crippen LogP contribution in [0.3, 0.4) is 0 Å². The number of hydrogen-bond donors (Lipinski definition) is 1. The van der Waals surface area contributed by atoms with E-state index in [9.17, 15) is 4.79 Å². The lowest BCUT2D eigenvalue weighted by Gasteiger charge is -2.23. The molecule has 0 aromatic heterocycles. The van der Waals surface area contributed by atoms with Crippen LogP contribution in [0.2, 0.25) is 0 Å². The summed E-state index contributed by atoms with van der Waals surface area (Å²) < 4.78 is 10.2. The van der Waals surface area contributed by atoms with Crippen molar-refractivity contribution in [3.05, 3.63) is 0 Å². The highest BCUT2D eigenvalue weighted by atomic mass is 16.5. The number of ether oxygens (including phenoxy) is 2. The summed E-state index contributed by atoms with van der Waals surface area (Å²) in [7, 11) is 1.61. The van der Waals surface area contributed by atoms with E-state index in [1.807, 2.05) is 20.8 Å². The second-order valence-electron chi connectivity index (χ2n) is 3.71. The van der Waals surface area contributed by atoms with Gasteiger partial charge < -0.3 is 14.8 Å². The van der Waals surface area contributed by atoms with E-state index in [1.165, 1.54) is 0 Å². The molecule has 0 aliphatic rings. The molecule has 84 valence electrons. The van der Waals surface area contributed by atoms with Gasteiger partial charge in [-0.2, -0.15) is 0 Å². The molecule has 0 aliphatic carbocycles. The van der Waals surface area contributed by atoms with E-state index < -0.39 is 0 Å². The minimum atomic E-state index is -0.383. The number of carbonyl (C=O) groups excluding carboxylic acids is 1. The van der Waals surface area contributed by atoms with E-state index in [2.05, 4.69) is 5.32 Å². The van der Waals surface area contributed by atoms with Gasteiger partial charge in [-0.05, 0) is 20.8 Å². The quantitative estimate of drug-likeness (QED) is 0.627. The van der Waals surface area contributed by atoms with Crippen molar-refractivity contribution in [2.45, 2.75) is 32.8 Å². The minimum absolute atomic E-state index is 0.000463. The molecule has 0 atom stereocenters. The maximum absolute atomic E-state index is 11.4. The third-order valence-corrected chi connectivity index (χ3v) is 1.75. The molecular formula is C10H21NO3. The summed E-state index contributed by atoms with van der Waals surface area (Å²) in [6, 6.07) is 0. The van der Waals surface area contributed by atoms with Crippen LogP contribution in [0.15, 0.2) is 0 Å². The summed E-state index contributed by atoms with van der Waals surface area (Å²) in [4.78, 5) is 11.4. The Labute approximate surface area is 86.0 Å². The van der Waals surface area contributed by atoms with Crippen molar-refractivity contribution < 1.29 is 14.3 Å². The van der Waals surface area contributed by atoms with Crippen molar-refractivity contribution >= 4 is 5.91 Å². The lowest BCUT2D eigenvalue weighted by molar-refractivity contribution is -0.127. The standard InChI is InChI=1S/C10H21NO3/c1-5-14-10(2,3)8-9(12)11-6-7-13-4/h5-8H2,1-4H3,(H,11,12). The van der Waals surface area contributed by atoms with Crippen LogP contribution in [0, 0.1) is 0 Å². The van der Waals surface area contributed by atoms with Crippen molar-refractivity contribution in [3.8, 4) is 0 Å². The van der Waals surface area contributed by atoms with Gasteiger partial charge in [-0.25, -0.2) is 0 Å². The molecule has 0 aromatic carbocycles. The summed E-state index contributed by atoms with van der Waals surface area (Å²) in [5.74, 6) is 0.000463. The Morgan fingerprint density at radius 1 is 1.43 bits per heavy atom. The van der Waals surface area contributed by atoms with Crippen LogP contribution >= 0.6 is 0 Å². The lowest BCUT2D eigenvalue weighted by Crippen LogP contribution is -2.35. The number of rotatable bonds is 7. The van der Waals surface area contributed by atoms with Crippen LogP contribution in [-0.2, 0) is 14.3 Å². The van der Waals surface area contributed by atoms with E-state index >= 15 is 0 Å². The maximum atomic E-state index is 11.4. The van der Waals surface area contributed by atoms with Gasteiger partial charge in [0.25, 0.3) is 0 Å². The van der Waals surface area contributed by atoms with Gasteiger partial charge in [0.2, 0.25) is 5.91 Å². The zero-order valence-electron chi connectivity index (χ0n) is 9.55. The highest BCUT2D eigenvalue weighted by molar-refractivity contribution is 5.76. The third-order valence-electron chi connectivity index (χ3n) is 1.75. The number of carbonyl (C=O) groups is 1. The fourth-order valence-corrected chi connectivity index (χ4v) is 1.18. The summed E-state index contributed by atoms with van der Waals surface area (Å²) in [5.41, 5.74) is -0.383. The molecule has 1 amide bonds. The maximum Gasteiger partial charge on any atom is 0.222 e. The van der Waals surface area contributed by atoms with E-state index in [1.54, 1.807) is 7.11 Å². The van der Waals surface area contributed by atoms with E-state index in [4.69, 9.17) is 9.47 Å². The van der Waals surface area contributed by atoms with Gasteiger partial charge in [0.15, 0.2) is 0 Å². The first kappa shape index (κ1) is 13.4. The number of methoxy groups -OCH3 is 1. The molecule has 0 spiro atoms. The molecule has 4 nitrogen and oxygen atoms in total. The van der Waals surface area contributed by atoms with Gasteiger partial charge in [0.1, 0.15) is 0 Å². The Morgan fingerprint density at radius 3 is 2.57 bits per heavy atom. The van der Waals surface area contributed by atoms with Gasteiger partial charge in [0.05, 0.1) is 18.6 Å². The number of amides is 1.